The van der Waals surface area contributed by atoms with E-state index in [4.69, 9.17) is 4.74 Å². The summed E-state index contributed by atoms with van der Waals surface area (Å²) in [5, 5.41) is 3.01. The fraction of sp³-hybridized carbons (Fsp3) is 0.562. The van der Waals surface area contributed by atoms with Crippen molar-refractivity contribution in [2.75, 3.05) is 18.6 Å². The highest BCUT2D eigenvalue weighted by atomic mass is 32.2. The SMILES string of the molecule is COc1ccc([C@@H](NC(=O)[C@@H]2CCS(=O)(=O)C2)C(C)C)cc1. The summed E-state index contributed by atoms with van der Waals surface area (Å²) < 4.78 is 28.2. The van der Waals surface area contributed by atoms with Gasteiger partial charge in [0, 0.05) is 0 Å². The molecule has 0 aliphatic carbocycles. The summed E-state index contributed by atoms with van der Waals surface area (Å²) in [5.41, 5.74) is 0.991. The van der Waals surface area contributed by atoms with Gasteiger partial charge in [0.2, 0.25) is 5.91 Å². The topological polar surface area (TPSA) is 72.5 Å². The lowest BCUT2D eigenvalue weighted by atomic mass is 9.95. The summed E-state index contributed by atoms with van der Waals surface area (Å²) in [4.78, 5) is 12.3. The molecule has 122 valence electrons. The molecule has 1 N–H and O–H groups in total. The van der Waals surface area contributed by atoms with Gasteiger partial charge < -0.3 is 10.1 Å². The molecule has 6 heteroatoms. The molecule has 2 rings (SSSR count). The van der Waals surface area contributed by atoms with Crippen LogP contribution in [-0.4, -0.2) is 32.9 Å². The van der Waals surface area contributed by atoms with Crippen molar-refractivity contribution in [2.45, 2.75) is 26.3 Å². The normalized spacial score (nSPS) is 21.5. The number of carbonyl (C=O) groups excluding carboxylic acids is 1. The van der Waals surface area contributed by atoms with E-state index in [2.05, 4.69) is 5.32 Å². The molecule has 5 nitrogen and oxygen atoms in total. The van der Waals surface area contributed by atoms with Gasteiger partial charge >= 0.3 is 0 Å². The number of hydrogen-bond donors (Lipinski definition) is 1. The number of hydrogen-bond acceptors (Lipinski definition) is 4. The Balaban J connectivity index is 2.10. The summed E-state index contributed by atoms with van der Waals surface area (Å²) in [6.07, 6.45) is 0.418. The van der Waals surface area contributed by atoms with Gasteiger partial charge in [-0.3, -0.25) is 4.79 Å². The lowest BCUT2D eigenvalue weighted by Gasteiger charge is -2.24. The van der Waals surface area contributed by atoms with Gasteiger partial charge in [-0.15, -0.1) is 0 Å². The van der Waals surface area contributed by atoms with E-state index in [-0.39, 0.29) is 29.4 Å². The second-order valence-corrected chi connectivity index (χ2v) is 8.33. The lowest BCUT2D eigenvalue weighted by Crippen LogP contribution is -2.36. The third-order valence-electron chi connectivity index (χ3n) is 4.04. The second-order valence-electron chi connectivity index (χ2n) is 6.10. The maximum Gasteiger partial charge on any atom is 0.224 e. The molecular formula is C16H23NO4S. The monoisotopic (exact) mass is 325 g/mol. The number of sulfone groups is 1. The number of amides is 1. The average Bonchev–Trinajstić information content (AvgIpc) is 2.84. The van der Waals surface area contributed by atoms with Crippen LogP contribution in [0.5, 0.6) is 5.75 Å². The van der Waals surface area contributed by atoms with Crippen LogP contribution in [0.4, 0.5) is 0 Å². The Morgan fingerprint density at radius 3 is 2.36 bits per heavy atom. The van der Waals surface area contributed by atoms with Crippen LogP contribution >= 0.6 is 0 Å². The minimum atomic E-state index is -3.05. The summed E-state index contributed by atoms with van der Waals surface area (Å²) in [7, 11) is -1.44. The van der Waals surface area contributed by atoms with Crippen LogP contribution in [0.1, 0.15) is 31.9 Å². The first-order valence-corrected chi connectivity index (χ1v) is 9.29. The Hall–Kier alpha value is -1.56. The molecule has 0 radical (unpaired) electrons. The van der Waals surface area contributed by atoms with E-state index in [0.717, 1.165) is 11.3 Å². The van der Waals surface area contributed by atoms with E-state index in [9.17, 15) is 13.2 Å². The van der Waals surface area contributed by atoms with Gasteiger partial charge in [-0.25, -0.2) is 8.42 Å². The molecule has 2 atom stereocenters. The summed E-state index contributed by atoms with van der Waals surface area (Å²) in [6, 6.07) is 7.43. The molecular weight excluding hydrogens is 302 g/mol. The third-order valence-corrected chi connectivity index (χ3v) is 5.81. The van der Waals surface area contributed by atoms with Crippen molar-refractivity contribution >= 4 is 15.7 Å². The average molecular weight is 325 g/mol. The van der Waals surface area contributed by atoms with Gasteiger partial charge in [0.05, 0.1) is 30.6 Å². The highest BCUT2D eigenvalue weighted by Crippen LogP contribution is 2.26. The van der Waals surface area contributed by atoms with Gasteiger partial charge in [0.25, 0.3) is 0 Å². The molecule has 1 aliphatic rings. The largest absolute Gasteiger partial charge is 0.497 e. The van der Waals surface area contributed by atoms with Gasteiger partial charge in [-0.2, -0.15) is 0 Å². The van der Waals surface area contributed by atoms with Gasteiger partial charge in [0.15, 0.2) is 9.84 Å². The number of ether oxygens (including phenoxy) is 1. The van der Waals surface area contributed by atoms with Crippen molar-refractivity contribution in [3.63, 3.8) is 0 Å². The molecule has 0 spiro atoms. The van der Waals surface area contributed by atoms with E-state index in [1.807, 2.05) is 38.1 Å². The van der Waals surface area contributed by atoms with Crippen molar-refractivity contribution < 1.29 is 17.9 Å². The van der Waals surface area contributed by atoms with Gasteiger partial charge in [-0.05, 0) is 30.0 Å². The molecule has 1 fully saturated rings. The fourth-order valence-electron chi connectivity index (χ4n) is 2.72. The Labute approximate surface area is 132 Å². The zero-order valence-corrected chi connectivity index (χ0v) is 14.0. The van der Waals surface area contributed by atoms with Crippen LogP contribution in [0.2, 0.25) is 0 Å². The van der Waals surface area contributed by atoms with Crippen LogP contribution < -0.4 is 10.1 Å². The number of rotatable bonds is 5. The first-order chi connectivity index (χ1) is 10.3. The predicted molar refractivity (Wildman–Crippen MR) is 85.5 cm³/mol. The number of nitrogens with one attached hydrogen (secondary N) is 1. The van der Waals surface area contributed by atoms with E-state index >= 15 is 0 Å². The van der Waals surface area contributed by atoms with Crippen molar-refractivity contribution in [1.82, 2.24) is 5.32 Å². The maximum atomic E-state index is 12.3. The van der Waals surface area contributed by atoms with E-state index in [1.54, 1.807) is 7.11 Å². The molecule has 1 amide bonds. The molecule has 1 saturated heterocycles. The van der Waals surface area contributed by atoms with Crippen LogP contribution in [0.3, 0.4) is 0 Å². The standard InChI is InChI=1S/C16H23NO4S/c1-11(2)15(12-4-6-14(21-3)7-5-12)17-16(18)13-8-9-22(19,20)10-13/h4-7,11,13,15H,8-10H2,1-3H3,(H,17,18)/t13-,15+/m1/s1. The van der Waals surface area contributed by atoms with Crippen LogP contribution in [0.15, 0.2) is 24.3 Å². The smallest absolute Gasteiger partial charge is 0.224 e. The molecule has 0 saturated carbocycles. The highest BCUT2D eigenvalue weighted by Gasteiger charge is 2.34. The predicted octanol–water partition coefficient (Wildman–Crippen LogP) is 1.94. The summed E-state index contributed by atoms with van der Waals surface area (Å²) in [5.74, 6) is 0.446. The lowest BCUT2D eigenvalue weighted by molar-refractivity contribution is -0.125. The van der Waals surface area contributed by atoms with E-state index < -0.39 is 15.8 Å². The quantitative estimate of drug-likeness (QED) is 0.898. The molecule has 0 bridgehead atoms. The molecule has 1 aromatic carbocycles. The van der Waals surface area contributed by atoms with Crippen LogP contribution in [0.25, 0.3) is 0 Å². The zero-order chi connectivity index (χ0) is 16.3. The third kappa shape index (κ3) is 4.00. The van der Waals surface area contributed by atoms with Crippen LogP contribution in [0, 0.1) is 11.8 Å². The Kier molecular flexibility index (Phi) is 5.11. The number of carbonyl (C=O) groups is 1. The van der Waals surface area contributed by atoms with E-state index in [1.165, 1.54) is 0 Å². The highest BCUT2D eigenvalue weighted by molar-refractivity contribution is 7.91. The zero-order valence-electron chi connectivity index (χ0n) is 13.2. The van der Waals surface area contributed by atoms with E-state index in [0.29, 0.717) is 6.42 Å². The van der Waals surface area contributed by atoms with Crippen LogP contribution in [-0.2, 0) is 14.6 Å². The van der Waals surface area contributed by atoms with Crippen molar-refractivity contribution in [3.05, 3.63) is 29.8 Å². The Morgan fingerprint density at radius 1 is 1.27 bits per heavy atom. The maximum absolute atomic E-state index is 12.3. The van der Waals surface area contributed by atoms with Gasteiger partial charge in [0.1, 0.15) is 5.75 Å². The van der Waals surface area contributed by atoms with Gasteiger partial charge in [-0.1, -0.05) is 26.0 Å². The minimum Gasteiger partial charge on any atom is -0.497 e. The molecule has 22 heavy (non-hydrogen) atoms. The minimum absolute atomic E-state index is 0.0355. The molecule has 0 unspecified atom stereocenters. The first-order valence-electron chi connectivity index (χ1n) is 7.47. The molecule has 1 heterocycles. The Morgan fingerprint density at radius 2 is 1.91 bits per heavy atom. The number of benzene rings is 1. The van der Waals surface area contributed by atoms with Crippen molar-refractivity contribution in [3.8, 4) is 5.75 Å². The molecule has 1 aromatic rings. The molecule has 1 aliphatic heterocycles. The summed E-state index contributed by atoms with van der Waals surface area (Å²) in [6.45, 7) is 4.06. The fourth-order valence-corrected chi connectivity index (χ4v) is 4.46. The van der Waals surface area contributed by atoms with Crippen molar-refractivity contribution in [1.29, 1.82) is 0 Å². The molecule has 0 aromatic heterocycles. The first kappa shape index (κ1) is 16.8. The second kappa shape index (κ2) is 6.69. The number of methoxy groups -OCH3 is 1. The van der Waals surface area contributed by atoms with Crippen molar-refractivity contribution in [2.24, 2.45) is 11.8 Å². The Bertz CT molecular complexity index is 622. The summed E-state index contributed by atoms with van der Waals surface area (Å²) >= 11 is 0.